The fourth-order valence-corrected chi connectivity index (χ4v) is 4.30. The molecule has 0 spiro atoms. The molecular formula is C38H54IrNO2-. The second kappa shape index (κ2) is 14.9. The molecule has 233 valence electrons. The van der Waals surface area contributed by atoms with Crippen LogP contribution in [0.3, 0.4) is 0 Å². The summed E-state index contributed by atoms with van der Waals surface area (Å²) in [5.41, 5.74) is 6.69. The van der Waals surface area contributed by atoms with E-state index >= 15 is 0 Å². The van der Waals surface area contributed by atoms with Gasteiger partial charge in [-0.05, 0) is 65.1 Å². The van der Waals surface area contributed by atoms with Crippen molar-refractivity contribution in [3.8, 4) is 11.3 Å². The predicted octanol–water partition coefficient (Wildman–Crippen LogP) is 11.0. The molecule has 1 atom stereocenters. The van der Waals surface area contributed by atoms with Crippen molar-refractivity contribution in [3.05, 3.63) is 76.7 Å². The average molecular weight is 749 g/mol. The zero-order valence-corrected chi connectivity index (χ0v) is 30.8. The average Bonchev–Trinajstić information content (AvgIpc) is 2.92. The molecule has 1 N–H and O–H groups in total. The van der Waals surface area contributed by atoms with E-state index in [-0.39, 0.29) is 47.9 Å². The number of carbonyl (C=O) groups is 1. The number of rotatable bonds is 8. The molecule has 42 heavy (non-hydrogen) atoms. The van der Waals surface area contributed by atoms with Gasteiger partial charge < -0.3 is 10.1 Å². The van der Waals surface area contributed by atoms with Crippen LogP contribution in [-0.2, 0) is 30.3 Å². The van der Waals surface area contributed by atoms with Gasteiger partial charge in [0.25, 0.3) is 0 Å². The first-order valence-electron chi connectivity index (χ1n) is 15.3. The molecule has 0 amide bonds. The molecule has 0 aliphatic heterocycles. The summed E-state index contributed by atoms with van der Waals surface area (Å²) in [5, 5.41) is 12.4. The Bertz CT molecular complexity index is 1390. The molecule has 1 unspecified atom stereocenters. The Hall–Kier alpha value is -2.29. The number of ketones is 1. The molecule has 0 aliphatic rings. The van der Waals surface area contributed by atoms with Crippen molar-refractivity contribution in [3.63, 3.8) is 0 Å². The van der Waals surface area contributed by atoms with Gasteiger partial charge in [0, 0.05) is 43.2 Å². The van der Waals surface area contributed by atoms with Crippen LogP contribution in [0.15, 0.2) is 48.4 Å². The molecule has 3 rings (SSSR count). The molecule has 1 aromatic heterocycles. The van der Waals surface area contributed by atoms with Crippen molar-refractivity contribution < 1.29 is 30.0 Å². The summed E-state index contributed by atoms with van der Waals surface area (Å²) >= 11 is 0. The normalized spacial score (nSPS) is 13.2. The maximum Gasteiger partial charge on any atom is 0.164 e. The number of aliphatic hydroxyl groups is 1. The van der Waals surface area contributed by atoms with Gasteiger partial charge >= 0.3 is 0 Å². The van der Waals surface area contributed by atoms with Gasteiger partial charge in [0.2, 0.25) is 0 Å². The first-order valence-corrected chi connectivity index (χ1v) is 15.3. The number of allylic oxidation sites excluding steroid dienone is 2. The molecule has 1 radical (unpaired) electrons. The molecular weight excluding hydrogens is 695 g/mol. The first-order chi connectivity index (χ1) is 18.9. The second-order valence-corrected chi connectivity index (χ2v) is 14.0. The van der Waals surface area contributed by atoms with Crippen LogP contribution in [-0.4, -0.2) is 15.9 Å². The summed E-state index contributed by atoms with van der Waals surface area (Å²) in [7, 11) is 0. The number of aromatic nitrogens is 1. The van der Waals surface area contributed by atoms with Crippen LogP contribution in [0.2, 0.25) is 0 Å². The van der Waals surface area contributed by atoms with Crippen LogP contribution in [0, 0.1) is 30.7 Å². The molecule has 0 fully saturated rings. The van der Waals surface area contributed by atoms with Gasteiger partial charge in [-0.1, -0.05) is 101 Å². The fourth-order valence-electron chi connectivity index (χ4n) is 4.30. The molecule has 0 aliphatic carbocycles. The summed E-state index contributed by atoms with van der Waals surface area (Å²) in [4.78, 5) is 16.6. The van der Waals surface area contributed by atoms with Crippen molar-refractivity contribution in [1.29, 1.82) is 0 Å². The van der Waals surface area contributed by atoms with E-state index in [0.29, 0.717) is 5.92 Å². The zero-order chi connectivity index (χ0) is 31.3. The smallest absolute Gasteiger partial charge is 0.164 e. The largest absolute Gasteiger partial charge is 0.512 e. The Morgan fingerprint density at radius 3 is 2.05 bits per heavy atom. The minimum Gasteiger partial charge on any atom is -0.512 e. The number of pyridine rings is 1. The second-order valence-electron chi connectivity index (χ2n) is 14.0. The van der Waals surface area contributed by atoms with Crippen LogP contribution in [0.25, 0.3) is 22.0 Å². The van der Waals surface area contributed by atoms with Crippen molar-refractivity contribution in [2.24, 2.45) is 10.8 Å². The molecule has 0 saturated heterocycles. The summed E-state index contributed by atoms with van der Waals surface area (Å²) in [6, 6.07) is 14.9. The van der Waals surface area contributed by atoms with E-state index in [2.05, 4.69) is 84.9 Å². The number of hydrogen-bond acceptors (Lipinski definition) is 3. The van der Waals surface area contributed by atoms with Crippen LogP contribution < -0.4 is 0 Å². The molecule has 2 aromatic carbocycles. The minimum atomic E-state index is -0.377. The number of aryl methyl sites for hydroxylation is 2. The maximum absolute atomic E-state index is 11.8. The maximum atomic E-state index is 11.8. The Morgan fingerprint density at radius 1 is 0.929 bits per heavy atom. The Labute approximate surface area is 270 Å². The number of carbonyl (C=O) groups excluding carboxylic acids is 1. The van der Waals surface area contributed by atoms with E-state index in [1.54, 1.807) is 0 Å². The third kappa shape index (κ3) is 9.35. The zero-order valence-electron chi connectivity index (χ0n) is 28.4. The van der Waals surface area contributed by atoms with E-state index in [1.807, 2.05) is 47.7 Å². The standard InChI is InChI=1S/C25H30N.C13H24O2.Ir/c1-8-17(3)19-9-10-22-23(14-19)18(4)15-26-24(22)20-11-16(2)12-21(13-20)25(5,6)7;1-7-12(3,4)10(14)9-11(15)13(5,6)8-2;/h9-10,12-15,17H,8H2,1-7H3;9,14H,7-8H2,1-6H3;/q-1;;/b;10-9-;. The van der Waals surface area contributed by atoms with Crippen molar-refractivity contribution in [1.82, 2.24) is 4.98 Å². The minimum absolute atomic E-state index is 0. The van der Waals surface area contributed by atoms with Crippen LogP contribution >= 0.6 is 0 Å². The Kier molecular flexibility index (Phi) is 13.4. The third-order valence-electron chi connectivity index (χ3n) is 8.81. The van der Waals surface area contributed by atoms with Crippen molar-refractivity contribution >= 4 is 16.6 Å². The van der Waals surface area contributed by atoms with Crippen LogP contribution in [0.5, 0.6) is 0 Å². The van der Waals surface area contributed by atoms with Crippen LogP contribution in [0.4, 0.5) is 0 Å². The molecule has 3 nitrogen and oxygen atoms in total. The Morgan fingerprint density at radius 2 is 1.52 bits per heavy atom. The van der Waals surface area contributed by atoms with Crippen molar-refractivity contribution in [2.75, 3.05) is 0 Å². The van der Waals surface area contributed by atoms with Crippen molar-refractivity contribution in [2.45, 2.75) is 121 Å². The van der Waals surface area contributed by atoms with E-state index in [0.717, 1.165) is 30.5 Å². The summed E-state index contributed by atoms with van der Waals surface area (Å²) in [6.07, 6.45) is 6.15. The number of hydrogen-bond donors (Lipinski definition) is 1. The number of aliphatic hydroxyl groups excluding tert-OH is 1. The summed E-state index contributed by atoms with van der Waals surface area (Å²) in [6.45, 7) is 27.2. The van der Waals surface area contributed by atoms with Gasteiger partial charge in [-0.25, -0.2) is 0 Å². The van der Waals surface area contributed by atoms with Gasteiger partial charge in [-0.3, -0.25) is 4.79 Å². The van der Waals surface area contributed by atoms with E-state index in [4.69, 9.17) is 4.98 Å². The fraction of sp³-hybridized carbons (Fsp3) is 0.526. The van der Waals surface area contributed by atoms with Gasteiger partial charge in [-0.2, -0.15) is 0 Å². The van der Waals surface area contributed by atoms with E-state index in [1.165, 1.54) is 39.1 Å². The first kappa shape index (κ1) is 37.7. The molecule has 1 heterocycles. The molecule has 4 heteroatoms. The van der Waals surface area contributed by atoms with E-state index < -0.39 is 0 Å². The number of nitrogens with zero attached hydrogens (tertiary/aromatic N) is 1. The van der Waals surface area contributed by atoms with Gasteiger partial charge in [-0.15, -0.1) is 34.9 Å². The van der Waals surface area contributed by atoms with Crippen LogP contribution in [0.1, 0.15) is 124 Å². The van der Waals surface area contributed by atoms with Gasteiger partial charge in [0.1, 0.15) is 5.76 Å². The summed E-state index contributed by atoms with van der Waals surface area (Å²) < 4.78 is 0. The van der Waals surface area contributed by atoms with E-state index in [9.17, 15) is 9.90 Å². The number of benzene rings is 2. The predicted molar refractivity (Wildman–Crippen MR) is 177 cm³/mol. The number of fused-ring (bicyclic) bond motifs is 1. The molecule has 0 bridgehead atoms. The van der Waals surface area contributed by atoms with Gasteiger partial charge in [0.05, 0.1) is 0 Å². The van der Waals surface area contributed by atoms with Gasteiger partial charge in [0.15, 0.2) is 5.78 Å². The topological polar surface area (TPSA) is 50.2 Å². The quantitative estimate of drug-likeness (QED) is 0.142. The monoisotopic (exact) mass is 749 g/mol. The molecule has 3 aromatic rings. The molecule has 0 saturated carbocycles. The SMILES string of the molecule is CCC(C)(C)C(=O)/C=C(\O)C(C)(C)CC.CCC(C)c1ccc2c(-c3[c-]c(C)cc(C(C)(C)C)c3)ncc(C)c2c1.[Ir]. The Balaban J connectivity index is 0.000000476. The third-order valence-corrected chi connectivity index (χ3v) is 8.81. The summed E-state index contributed by atoms with van der Waals surface area (Å²) in [5.74, 6) is 0.772.